The Morgan fingerprint density at radius 3 is 2.31 bits per heavy atom. The zero-order valence-corrected chi connectivity index (χ0v) is 8.82. The molecule has 1 rings (SSSR count). The van der Waals surface area contributed by atoms with Crippen molar-refractivity contribution in [1.29, 1.82) is 0 Å². The molecule has 0 aromatic heterocycles. The number of carbonyl (C=O) groups is 2. The molecule has 0 aliphatic rings. The Bertz CT molecular complexity index is 452. The van der Waals surface area contributed by atoms with E-state index in [0.717, 1.165) is 12.1 Å². The van der Waals surface area contributed by atoms with Gasteiger partial charge < -0.3 is 0 Å². The van der Waals surface area contributed by atoms with Crippen LogP contribution in [-0.4, -0.2) is 11.5 Å². The summed E-state index contributed by atoms with van der Waals surface area (Å²) in [4.78, 5) is 21.4. The highest BCUT2D eigenvalue weighted by Gasteiger charge is 2.37. The Balaban J connectivity index is 3.65. The lowest BCUT2D eigenvalue weighted by molar-refractivity contribution is -0.138. The van der Waals surface area contributed by atoms with Gasteiger partial charge in [-0.2, -0.15) is 13.2 Å². The van der Waals surface area contributed by atoms with Crippen LogP contribution < -0.4 is 0 Å². The molecule has 86 valence electrons. The first kappa shape index (κ1) is 12.7. The van der Waals surface area contributed by atoms with Gasteiger partial charge in [-0.1, -0.05) is 0 Å². The van der Waals surface area contributed by atoms with E-state index in [2.05, 4.69) is 0 Å². The third-order valence-corrected chi connectivity index (χ3v) is 2.14. The molecule has 0 N–H and O–H groups in total. The van der Waals surface area contributed by atoms with E-state index < -0.39 is 28.1 Å². The fourth-order valence-corrected chi connectivity index (χ4v) is 1.53. The number of aldehydes is 1. The SMILES string of the molecule is Cc1cc(C=O)c(C(F)(F)F)c(C(=O)Cl)c1. The molecular formula is C10H6ClF3O2. The highest BCUT2D eigenvalue weighted by Crippen LogP contribution is 2.35. The first-order valence-electron chi connectivity index (χ1n) is 4.14. The van der Waals surface area contributed by atoms with Gasteiger partial charge in [0.2, 0.25) is 0 Å². The van der Waals surface area contributed by atoms with Crippen LogP contribution in [0.15, 0.2) is 12.1 Å². The van der Waals surface area contributed by atoms with Crippen LogP contribution in [0.4, 0.5) is 13.2 Å². The van der Waals surface area contributed by atoms with E-state index in [-0.39, 0.29) is 6.29 Å². The van der Waals surface area contributed by atoms with Crippen molar-refractivity contribution in [2.24, 2.45) is 0 Å². The first-order chi connectivity index (χ1) is 7.27. The van der Waals surface area contributed by atoms with Gasteiger partial charge in [-0.3, -0.25) is 9.59 Å². The van der Waals surface area contributed by atoms with Gasteiger partial charge in [0.1, 0.15) is 0 Å². The summed E-state index contributed by atoms with van der Waals surface area (Å²) in [6.45, 7) is 1.47. The van der Waals surface area contributed by atoms with E-state index in [4.69, 9.17) is 11.6 Å². The molecule has 0 radical (unpaired) electrons. The molecule has 0 amide bonds. The average molecular weight is 251 g/mol. The lowest BCUT2D eigenvalue weighted by atomic mass is 9.99. The maximum atomic E-state index is 12.6. The number of aryl methyl sites for hydroxylation is 1. The third-order valence-electron chi connectivity index (χ3n) is 1.94. The lowest BCUT2D eigenvalue weighted by Gasteiger charge is -2.13. The minimum absolute atomic E-state index is 0.0547. The van der Waals surface area contributed by atoms with Crippen LogP contribution in [0.1, 0.15) is 31.8 Å². The standard InChI is InChI=1S/C10H6ClF3O2/c1-5-2-6(4-15)8(10(12,13)14)7(3-5)9(11)16/h2-4H,1H3. The Kier molecular flexibility index (Phi) is 3.38. The molecule has 0 bridgehead atoms. The minimum Gasteiger partial charge on any atom is -0.298 e. The molecule has 0 unspecified atom stereocenters. The van der Waals surface area contributed by atoms with Crippen LogP contribution in [0.5, 0.6) is 0 Å². The van der Waals surface area contributed by atoms with Crippen LogP contribution in [0.3, 0.4) is 0 Å². The van der Waals surface area contributed by atoms with E-state index in [1.165, 1.54) is 6.92 Å². The molecule has 16 heavy (non-hydrogen) atoms. The Morgan fingerprint density at radius 2 is 1.94 bits per heavy atom. The van der Waals surface area contributed by atoms with Gasteiger partial charge in [0, 0.05) is 11.1 Å². The summed E-state index contributed by atoms with van der Waals surface area (Å²) < 4.78 is 37.9. The Hall–Kier alpha value is -1.36. The van der Waals surface area contributed by atoms with E-state index in [9.17, 15) is 22.8 Å². The highest BCUT2D eigenvalue weighted by atomic mass is 35.5. The molecule has 0 fully saturated rings. The van der Waals surface area contributed by atoms with Crippen molar-refractivity contribution in [1.82, 2.24) is 0 Å². The molecule has 6 heteroatoms. The molecule has 0 atom stereocenters. The van der Waals surface area contributed by atoms with Crippen LogP contribution >= 0.6 is 11.6 Å². The maximum Gasteiger partial charge on any atom is 0.417 e. The van der Waals surface area contributed by atoms with Crippen LogP contribution in [-0.2, 0) is 6.18 Å². The third kappa shape index (κ3) is 2.41. The van der Waals surface area contributed by atoms with Crippen molar-refractivity contribution in [2.75, 3.05) is 0 Å². The van der Waals surface area contributed by atoms with E-state index in [1.807, 2.05) is 0 Å². The molecule has 0 aliphatic heterocycles. The summed E-state index contributed by atoms with van der Waals surface area (Å²) in [5, 5.41) is -1.24. The van der Waals surface area contributed by atoms with Gasteiger partial charge in [0.15, 0.2) is 6.29 Å². The fraction of sp³-hybridized carbons (Fsp3) is 0.200. The molecule has 0 heterocycles. The molecule has 0 aliphatic carbocycles. The fourth-order valence-electron chi connectivity index (χ4n) is 1.38. The van der Waals surface area contributed by atoms with Crippen LogP contribution in [0.25, 0.3) is 0 Å². The monoisotopic (exact) mass is 250 g/mol. The second kappa shape index (κ2) is 4.25. The average Bonchev–Trinajstić information content (AvgIpc) is 2.14. The van der Waals surface area contributed by atoms with E-state index in [1.54, 1.807) is 0 Å². The Morgan fingerprint density at radius 1 is 1.38 bits per heavy atom. The summed E-state index contributed by atoms with van der Waals surface area (Å²) in [5.41, 5.74) is -2.21. The summed E-state index contributed by atoms with van der Waals surface area (Å²) in [6, 6.07) is 2.06. The topological polar surface area (TPSA) is 34.1 Å². The summed E-state index contributed by atoms with van der Waals surface area (Å²) in [5.74, 6) is 0. The molecular weight excluding hydrogens is 245 g/mol. The summed E-state index contributed by atoms with van der Waals surface area (Å²) in [7, 11) is 0. The van der Waals surface area contributed by atoms with Gasteiger partial charge in [-0.15, -0.1) is 0 Å². The Labute approximate surface area is 94.0 Å². The van der Waals surface area contributed by atoms with E-state index in [0.29, 0.717) is 5.56 Å². The lowest BCUT2D eigenvalue weighted by Crippen LogP contribution is -2.14. The number of carbonyl (C=O) groups excluding carboxylic acids is 2. The van der Waals surface area contributed by atoms with Crippen molar-refractivity contribution in [2.45, 2.75) is 13.1 Å². The van der Waals surface area contributed by atoms with Crippen molar-refractivity contribution in [3.8, 4) is 0 Å². The molecule has 2 nitrogen and oxygen atoms in total. The van der Waals surface area contributed by atoms with Crippen molar-refractivity contribution >= 4 is 23.1 Å². The highest BCUT2D eigenvalue weighted by molar-refractivity contribution is 6.68. The number of rotatable bonds is 2. The van der Waals surface area contributed by atoms with Crippen LogP contribution in [0.2, 0.25) is 0 Å². The zero-order chi connectivity index (χ0) is 12.5. The predicted octanol–water partition coefficient (Wildman–Crippen LogP) is 3.21. The number of halogens is 4. The normalized spacial score (nSPS) is 11.3. The largest absolute Gasteiger partial charge is 0.417 e. The van der Waals surface area contributed by atoms with Crippen molar-refractivity contribution in [3.05, 3.63) is 34.4 Å². The summed E-state index contributed by atoms with van der Waals surface area (Å²) >= 11 is 5.06. The van der Waals surface area contributed by atoms with Gasteiger partial charge in [-0.25, -0.2) is 0 Å². The smallest absolute Gasteiger partial charge is 0.298 e. The molecule has 1 aromatic rings. The number of hydrogen-bond acceptors (Lipinski definition) is 2. The van der Waals surface area contributed by atoms with Gasteiger partial charge in [0.25, 0.3) is 5.24 Å². The van der Waals surface area contributed by atoms with Gasteiger partial charge in [0.05, 0.1) is 5.56 Å². The first-order valence-corrected chi connectivity index (χ1v) is 4.52. The van der Waals surface area contributed by atoms with Gasteiger partial charge >= 0.3 is 6.18 Å². The number of benzene rings is 1. The second-order valence-electron chi connectivity index (χ2n) is 3.17. The number of hydrogen-bond donors (Lipinski definition) is 0. The quantitative estimate of drug-likeness (QED) is 0.597. The van der Waals surface area contributed by atoms with Gasteiger partial charge in [-0.05, 0) is 36.2 Å². The minimum atomic E-state index is -4.79. The maximum absolute atomic E-state index is 12.6. The molecule has 1 aromatic carbocycles. The molecule has 0 saturated heterocycles. The van der Waals surface area contributed by atoms with Crippen molar-refractivity contribution < 1.29 is 22.8 Å². The zero-order valence-electron chi connectivity index (χ0n) is 8.06. The van der Waals surface area contributed by atoms with E-state index >= 15 is 0 Å². The number of alkyl halides is 3. The summed E-state index contributed by atoms with van der Waals surface area (Å²) in [6.07, 6.45) is -4.73. The predicted molar refractivity (Wildman–Crippen MR) is 51.8 cm³/mol. The molecule has 0 saturated carbocycles. The van der Waals surface area contributed by atoms with Crippen molar-refractivity contribution in [3.63, 3.8) is 0 Å². The molecule has 0 spiro atoms. The second-order valence-corrected chi connectivity index (χ2v) is 3.51. The van der Waals surface area contributed by atoms with Crippen LogP contribution in [0, 0.1) is 6.92 Å².